The molecule has 6 nitrogen and oxygen atoms in total. The molecule has 0 unspecified atom stereocenters. The highest BCUT2D eigenvalue weighted by atomic mass is 127. The first kappa shape index (κ1) is 21.4. The third kappa shape index (κ3) is 4.57. The monoisotopic (exact) mass is 538 g/mol. The third-order valence-electron chi connectivity index (χ3n) is 4.81. The average molecular weight is 538 g/mol. The lowest BCUT2D eigenvalue weighted by Crippen LogP contribution is -2.30. The van der Waals surface area contributed by atoms with E-state index in [0.717, 1.165) is 18.9 Å². The van der Waals surface area contributed by atoms with E-state index in [1.165, 1.54) is 19.2 Å². The van der Waals surface area contributed by atoms with E-state index < -0.39 is 6.08 Å². The Balaban J connectivity index is 1.70. The fourth-order valence-electron chi connectivity index (χ4n) is 3.40. The van der Waals surface area contributed by atoms with E-state index in [-0.39, 0.29) is 11.2 Å². The Kier molecular flexibility index (Phi) is 5.95. The summed E-state index contributed by atoms with van der Waals surface area (Å²) < 4.78 is 18.3. The van der Waals surface area contributed by atoms with Crippen LogP contribution in [0.2, 0.25) is 0 Å². The summed E-state index contributed by atoms with van der Waals surface area (Å²) in [7, 11) is 0. The van der Waals surface area contributed by atoms with Gasteiger partial charge in [-0.3, -0.25) is 0 Å². The molecule has 0 aliphatic carbocycles. The molecule has 0 fully saturated rings. The van der Waals surface area contributed by atoms with Crippen LogP contribution in [-0.4, -0.2) is 32.6 Å². The number of benzene rings is 1. The van der Waals surface area contributed by atoms with Gasteiger partial charge in [0.1, 0.15) is 5.82 Å². The van der Waals surface area contributed by atoms with Crippen molar-refractivity contribution in [3.8, 4) is 0 Å². The van der Waals surface area contributed by atoms with Crippen LogP contribution in [0, 0.1) is 15.1 Å². The molecular formula is C21H24FIN6S. The van der Waals surface area contributed by atoms with Crippen LogP contribution in [0.5, 0.6) is 0 Å². The fourth-order valence-corrected chi connectivity index (χ4v) is 5.08. The van der Waals surface area contributed by atoms with Gasteiger partial charge >= 0.3 is 6.08 Å². The zero-order valence-electron chi connectivity index (χ0n) is 17.2. The number of halogens is 2. The molecule has 0 aliphatic rings. The predicted molar refractivity (Wildman–Crippen MR) is 129 cm³/mol. The summed E-state index contributed by atoms with van der Waals surface area (Å²) in [5.74, 6) is 0.879. The smallest absolute Gasteiger partial charge is 0.312 e. The second kappa shape index (κ2) is 8.35. The highest BCUT2D eigenvalue weighted by Gasteiger charge is 2.18. The van der Waals surface area contributed by atoms with Crippen molar-refractivity contribution in [2.75, 3.05) is 18.8 Å². The van der Waals surface area contributed by atoms with Crippen LogP contribution in [0.15, 0.2) is 23.6 Å². The summed E-state index contributed by atoms with van der Waals surface area (Å²) >= 11 is 4.10. The van der Waals surface area contributed by atoms with Crippen molar-refractivity contribution >= 4 is 61.0 Å². The van der Waals surface area contributed by atoms with Gasteiger partial charge in [0, 0.05) is 34.3 Å². The second-order valence-electron chi connectivity index (χ2n) is 8.55. The number of hydrogen-bond donors (Lipinski definition) is 2. The maximum atomic E-state index is 13.9. The predicted octanol–water partition coefficient (Wildman–Crippen LogP) is 4.59. The maximum Gasteiger partial charge on any atom is 0.312 e. The number of hydrogen-bond acceptors (Lipinski definition) is 6. The van der Waals surface area contributed by atoms with E-state index in [1.54, 1.807) is 11.3 Å². The Labute approximate surface area is 192 Å². The molecule has 0 radical (unpaired) electrons. The Bertz CT molecular complexity index is 1210. The number of imidazole rings is 1. The number of nitrogens with two attached hydrogens (primary N) is 1. The molecule has 0 bridgehead atoms. The van der Waals surface area contributed by atoms with E-state index >= 15 is 0 Å². The van der Waals surface area contributed by atoms with Crippen molar-refractivity contribution in [3.05, 3.63) is 44.6 Å². The molecule has 0 amide bonds. The van der Waals surface area contributed by atoms with Crippen LogP contribution < -0.4 is 11.1 Å². The number of nitrogen functional groups attached to an aromatic ring is 1. The number of fused-ring (bicyclic) bond motifs is 2. The number of nitrogens with one attached hydrogen (secondary N) is 1. The van der Waals surface area contributed by atoms with E-state index in [9.17, 15) is 4.39 Å². The Morgan fingerprint density at radius 2 is 2.03 bits per heavy atom. The summed E-state index contributed by atoms with van der Waals surface area (Å²) in [5, 5.41) is 6.78. The van der Waals surface area contributed by atoms with Crippen molar-refractivity contribution in [2.45, 2.75) is 33.7 Å². The SMILES string of the molecule is CC(C)(C)CNCCn1c(Cc2cc3ccsc3cc2I)nc2c(N)nc(F)nc21. The van der Waals surface area contributed by atoms with Gasteiger partial charge in [-0.1, -0.05) is 20.8 Å². The molecule has 158 valence electrons. The van der Waals surface area contributed by atoms with Crippen LogP contribution in [0.25, 0.3) is 21.3 Å². The van der Waals surface area contributed by atoms with Gasteiger partial charge in [0.25, 0.3) is 0 Å². The molecule has 0 saturated carbocycles. The van der Waals surface area contributed by atoms with Crippen LogP contribution in [0.1, 0.15) is 32.2 Å². The van der Waals surface area contributed by atoms with Gasteiger partial charge in [0.2, 0.25) is 0 Å². The highest BCUT2D eigenvalue weighted by Crippen LogP contribution is 2.28. The van der Waals surface area contributed by atoms with E-state index in [4.69, 9.17) is 10.7 Å². The Hall–Kier alpha value is -1.85. The summed E-state index contributed by atoms with van der Waals surface area (Å²) in [6.45, 7) is 8.78. The van der Waals surface area contributed by atoms with Gasteiger partial charge in [-0.25, -0.2) is 4.98 Å². The molecule has 1 aromatic carbocycles. The lowest BCUT2D eigenvalue weighted by Gasteiger charge is -2.19. The van der Waals surface area contributed by atoms with E-state index in [0.29, 0.717) is 24.1 Å². The number of nitrogens with zero attached hydrogens (tertiary/aromatic N) is 4. The molecule has 9 heteroatoms. The summed E-state index contributed by atoms with van der Waals surface area (Å²) in [4.78, 5) is 12.4. The number of aromatic nitrogens is 4. The molecule has 3 aromatic heterocycles. The second-order valence-corrected chi connectivity index (χ2v) is 10.7. The van der Waals surface area contributed by atoms with E-state index in [1.807, 2.05) is 4.57 Å². The van der Waals surface area contributed by atoms with Crippen molar-refractivity contribution in [1.82, 2.24) is 24.8 Å². The standard InChI is InChI=1S/C21H24FIN6S/c1-21(2,3)11-25-5-6-29-16(26-17-18(24)27-20(22)28-19(17)29)9-13-8-12-4-7-30-15(12)10-14(13)23/h4,7-8,10,25H,5-6,9,11H2,1-3H3,(H2,24,27,28). The Morgan fingerprint density at radius 1 is 1.23 bits per heavy atom. The molecule has 0 aliphatic heterocycles. The fraction of sp³-hybridized carbons (Fsp3) is 0.381. The minimum atomic E-state index is -0.829. The molecule has 3 heterocycles. The van der Waals surface area contributed by atoms with E-state index in [2.05, 4.69) is 82.2 Å². The minimum absolute atomic E-state index is 0.0723. The largest absolute Gasteiger partial charge is 0.382 e. The van der Waals surface area contributed by atoms with Gasteiger partial charge < -0.3 is 15.6 Å². The molecule has 4 rings (SSSR count). The van der Waals surface area contributed by atoms with Gasteiger partial charge in [-0.05, 0) is 62.5 Å². The molecule has 0 atom stereocenters. The van der Waals surface area contributed by atoms with Crippen molar-refractivity contribution in [1.29, 1.82) is 0 Å². The normalized spacial score (nSPS) is 12.3. The molecule has 3 N–H and O–H groups in total. The third-order valence-corrected chi connectivity index (χ3v) is 6.69. The van der Waals surface area contributed by atoms with Crippen molar-refractivity contribution < 1.29 is 4.39 Å². The molecule has 30 heavy (non-hydrogen) atoms. The Morgan fingerprint density at radius 3 is 2.80 bits per heavy atom. The number of anilines is 1. The minimum Gasteiger partial charge on any atom is -0.382 e. The van der Waals surface area contributed by atoms with Crippen LogP contribution in [0.4, 0.5) is 10.2 Å². The quantitative estimate of drug-likeness (QED) is 0.213. The summed E-state index contributed by atoms with van der Waals surface area (Å²) in [5.41, 5.74) is 8.21. The first-order valence-electron chi connectivity index (χ1n) is 9.76. The van der Waals surface area contributed by atoms with Crippen LogP contribution in [-0.2, 0) is 13.0 Å². The van der Waals surface area contributed by atoms with Crippen LogP contribution in [0.3, 0.4) is 0 Å². The average Bonchev–Trinajstić information content (AvgIpc) is 3.23. The zero-order valence-corrected chi connectivity index (χ0v) is 20.1. The lowest BCUT2D eigenvalue weighted by atomic mass is 9.97. The highest BCUT2D eigenvalue weighted by molar-refractivity contribution is 14.1. The first-order valence-corrected chi connectivity index (χ1v) is 11.7. The molecule has 4 aromatic rings. The lowest BCUT2D eigenvalue weighted by molar-refractivity contribution is 0.375. The molecule has 0 spiro atoms. The van der Waals surface area contributed by atoms with Gasteiger partial charge in [-0.2, -0.15) is 14.4 Å². The maximum absolute atomic E-state index is 13.9. The number of thiophene rings is 1. The zero-order chi connectivity index (χ0) is 21.5. The van der Waals surface area contributed by atoms with Gasteiger partial charge in [0.05, 0.1) is 0 Å². The molecular weight excluding hydrogens is 514 g/mol. The molecule has 0 saturated heterocycles. The van der Waals surface area contributed by atoms with Crippen molar-refractivity contribution in [3.63, 3.8) is 0 Å². The van der Waals surface area contributed by atoms with Crippen LogP contribution >= 0.6 is 33.9 Å². The van der Waals surface area contributed by atoms with Gasteiger partial charge in [-0.15, -0.1) is 11.3 Å². The topological polar surface area (TPSA) is 81.7 Å². The summed E-state index contributed by atoms with van der Waals surface area (Å²) in [6, 6.07) is 6.52. The first-order chi connectivity index (χ1) is 14.2. The summed E-state index contributed by atoms with van der Waals surface area (Å²) in [6.07, 6.45) is -0.217. The van der Waals surface area contributed by atoms with Gasteiger partial charge in [0.15, 0.2) is 17.0 Å². The number of rotatable bonds is 6. The van der Waals surface area contributed by atoms with Crippen molar-refractivity contribution in [2.24, 2.45) is 5.41 Å².